The molecular formula is C33H27F3N4O9. The van der Waals surface area contributed by atoms with Gasteiger partial charge in [0.2, 0.25) is 5.41 Å². The number of carboxylic acid groups (broad SMARTS) is 2. The number of ether oxygens (including phenoxy) is 2. The molecule has 0 atom stereocenters. The first kappa shape index (κ1) is 35.5. The Balaban J connectivity index is 1.60. The predicted octanol–water partition coefficient (Wildman–Crippen LogP) is 5.05. The maximum Gasteiger partial charge on any atom is 0.513 e. The van der Waals surface area contributed by atoms with Crippen molar-refractivity contribution >= 4 is 35.6 Å². The lowest BCUT2D eigenvalue weighted by molar-refractivity contribution is -0.160. The van der Waals surface area contributed by atoms with Gasteiger partial charge in [-0.25, -0.2) is 4.79 Å². The van der Waals surface area contributed by atoms with Crippen molar-refractivity contribution < 1.29 is 56.8 Å². The fourth-order valence-electron chi connectivity index (χ4n) is 4.50. The second-order valence-corrected chi connectivity index (χ2v) is 10.7. The van der Waals surface area contributed by atoms with Crippen LogP contribution in [0, 0.1) is 6.92 Å². The highest BCUT2D eigenvalue weighted by molar-refractivity contribution is 6.11. The molecule has 0 radical (unpaired) electrons. The third kappa shape index (κ3) is 7.81. The number of hydrogen-bond acceptors (Lipinski definition) is 9. The molecule has 0 unspecified atom stereocenters. The van der Waals surface area contributed by atoms with Crippen LogP contribution < -0.4 is 10.1 Å². The number of benzene rings is 2. The zero-order valence-electron chi connectivity index (χ0n) is 25.9. The van der Waals surface area contributed by atoms with Crippen LogP contribution in [0.2, 0.25) is 0 Å². The summed E-state index contributed by atoms with van der Waals surface area (Å²) < 4.78 is 49.3. The highest BCUT2D eigenvalue weighted by atomic mass is 19.4. The van der Waals surface area contributed by atoms with E-state index in [1.54, 1.807) is 6.92 Å². The molecule has 2 aromatic carbocycles. The number of halogens is 3. The summed E-state index contributed by atoms with van der Waals surface area (Å²) in [7, 11) is 2.83. The van der Waals surface area contributed by atoms with Gasteiger partial charge >= 0.3 is 24.3 Å². The van der Waals surface area contributed by atoms with Gasteiger partial charge in [0.1, 0.15) is 12.4 Å². The number of carbonyl (C=O) groups excluding carboxylic acids is 3. The smallest absolute Gasteiger partial charge is 0.480 e. The third-order valence-corrected chi connectivity index (χ3v) is 7.08. The molecule has 49 heavy (non-hydrogen) atoms. The van der Waals surface area contributed by atoms with E-state index in [2.05, 4.69) is 15.3 Å². The van der Waals surface area contributed by atoms with Gasteiger partial charge in [-0.1, -0.05) is 18.2 Å². The summed E-state index contributed by atoms with van der Waals surface area (Å²) in [4.78, 5) is 72.5. The fourth-order valence-corrected chi connectivity index (χ4v) is 4.50. The summed E-state index contributed by atoms with van der Waals surface area (Å²) in [5.74, 6) is -5.40. The lowest BCUT2D eigenvalue weighted by atomic mass is 9.85. The summed E-state index contributed by atoms with van der Waals surface area (Å²) in [6.45, 7) is 0.436. The van der Waals surface area contributed by atoms with E-state index >= 15 is 0 Å². The number of alkyl halides is 3. The largest absolute Gasteiger partial charge is 0.513 e. The zero-order chi connectivity index (χ0) is 36.1. The third-order valence-electron chi connectivity index (χ3n) is 7.08. The number of aryl methyl sites for hydroxylation is 1. The van der Waals surface area contributed by atoms with Crippen LogP contribution in [-0.4, -0.2) is 75.7 Å². The predicted molar refractivity (Wildman–Crippen MR) is 165 cm³/mol. The first-order chi connectivity index (χ1) is 23.0. The molecule has 0 aliphatic carbocycles. The molecule has 0 fully saturated rings. The number of pyridine rings is 2. The Morgan fingerprint density at radius 3 is 2.12 bits per heavy atom. The van der Waals surface area contributed by atoms with E-state index in [1.165, 1.54) is 68.8 Å². The Labute approximate surface area is 275 Å². The Bertz CT molecular complexity index is 1900. The number of carboxylic acids is 2. The van der Waals surface area contributed by atoms with E-state index in [-0.39, 0.29) is 33.8 Å². The SMILES string of the molecule is Cc1ccc(C(=O)Nc2ccc(OC(=O)OCC(C(=O)O)(C(=O)O)c3ccccn3)cc2C(=O)N(C)C)c(-c2ccc(C(F)(F)F)cc2)n1. The molecule has 4 rings (SSSR count). The monoisotopic (exact) mass is 680 g/mol. The molecule has 13 nitrogen and oxygen atoms in total. The van der Waals surface area contributed by atoms with Crippen LogP contribution in [0.4, 0.5) is 23.7 Å². The molecule has 0 aliphatic rings. The first-order valence-electron chi connectivity index (χ1n) is 14.1. The molecule has 0 spiro atoms. The van der Waals surface area contributed by atoms with Crippen molar-refractivity contribution in [3.05, 3.63) is 107 Å². The number of nitrogens with one attached hydrogen (secondary N) is 1. The summed E-state index contributed by atoms with van der Waals surface area (Å²) in [6, 6.07) is 14.4. The maximum absolute atomic E-state index is 13.5. The number of aliphatic carboxylic acids is 2. The van der Waals surface area contributed by atoms with Crippen LogP contribution in [0.25, 0.3) is 11.3 Å². The topological polar surface area (TPSA) is 185 Å². The average molecular weight is 681 g/mol. The molecule has 0 bridgehead atoms. The lowest BCUT2D eigenvalue weighted by Gasteiger charge is -2.23. The van der Waals surface area contributed by atoms with Gasteiger partial charge in [-0.05, 0) is 61.5 Å². The van der Waals surface area contributed by atoms with Gasteiger partial charge in [0.05, 0.1) is 33.8 Å². The van der Waals surface area contributed by atoms with Crippen LogP contribution in [0.15, 0.2) is 79.0 Å². The molecule has 16 heteroatoms. The molecule has 2 amide bonds. The summed E-state index contributed by atoms with van der Waals surface area (Å²) in [5.41, 5.74) is -3.50. The van der Waals surface area contributed by atoms with Crippen molar-refractivity contribution in [3.63, 3.8) is 0 Å². The first-order valence-corrected chi connectivity index (χ1v) is 14.1. The van der Waals surface area contributed by atoms with E-state index in [4.69, 9.17) is 9.47 Å². The molecule has 254 valence electrons. The number of hydrogen-bond donors (Lipinski definition) is 3. The minimum absolute atomic E-state index is 0.0224. The molecule has 0 aliphatic heterocycles. The molecule has 3 N–H and O–H groups in total. The van der Waals surface area contributed by atoms with E-state index in [0.29, 0.717) is 5.69 Å². The maximum atomic E-state index is 13.5. The minimum Gasteiger partial charge on any atom is -0.480 e. The quantitative estimate of drug-likeness (QED) is 0.116. The number of rotatable bonds is 10. The Hall–Kier alpha value is -6.32. The van der Waals surface area contributed by atoms with Crippen molar-refractivity contribution in [3.8, 4) is 17.0 Å². The van der Waals surface area contributed by atoms with Crippen LogP contribution in [0.5, 0.6) is 5.75 Å². The van der Waals surface area contributed by atoms with Crippen LogP contribution in [0.3, 0.4) is 0 Å². The van der Waals surface area contributed by atoms with Crippen molar-refractivity contribution in [1.29, 1.82) is 0 Å². The van der Waals surface area contributed by atoms with E-state index < -0.39 is 59.4 Å². The Morgan fingerprint density at radius 1 is 0.878 bits per heavy atom. The standard InChI is InChI=1S/C33H27F3N4O9/c1-18-7-13-22(26(38-18)19-8-10-20(11-9-19)33(34,35)36)27(41)39-24-14-12-21(16-23(24)28(42)40(2)3)49-31(47)48-17-32(29(43)44,30(45)46)25-6-4-5-15-37-25/h4-16H,17H2,1-3H3,(H,39,41)(H,43,44)(H,45,46). The van der Waals surface area contributed by atoms with Crippen molar-refractivity contribution in [2.75, 3.05) is 26.0 Å². The van der Waals surface area contributed by atoms with E-state index in [9.17, 15) is 47.4 Å². The number of carbonyl (C=O) groups is 5. The summed E-state index contributed by atoms with van der Waals surface area (Å²) in [5, 5.41) is 22.1. The zero-order valence-corrected chi connectivity index (χ0v) is 25.9. The summed E-state index contributed by atoms with van der Waals surface area (Å²) >= 11 is 0. The second-order valence-electron chi connectivity index (χ2n) is 10.7. The molecule has 0 saturated carbocycles. The van der Waals surface area contributed by atoms with E-state index in [1.807, 2.05) is 0 Å². The average Bonchev–Trinajstić information content (AvgIpc) is 3.05. The van der Waals surface area contributed by atoms with Gasteiger partial charge in [0, 0.05) is 31.5 Å². The van der Waals surface area contributed by atoms with E-state index in [0.717, 1.165) is 29.2 Å². The molecule has 0 saturated heterocycles. The van der Waals surface area contributed by atoms with Crippen molar-refractivity contribution in [2.45, 2.75) is 18.5 Å². The number of amides is 2. The van der Waals surface area contributed by atoms with Gasteiger partial charge in [-0.15, -0.1) is 0 Å². The van der Waals surface area contributed by atoms with Crippen molar-refractivity contribution in [2.24, 2.45) is 0 Å². The Morgan fingerprint density at radius 2 is 1.55 bits per heavy atom. The van der Waals surface area contributed by atoms with Gasteiger partial charge in [0.15, 0.2) is 0 Å². The Kier molecular flexibility index (Phi) is 10.3. The molecule has 2 aromatic heterocycles. The minimum atomic E-state index is -4.57. The van der Waals surface area contributed by atoms with Gasteiger partial charge in [-0.3, -0.25) is 29.1 Å². The van der Waals surface area contributed by atoms with Gasteiger partial charge in [0.25, 0.3) is 11.8 Å². The normalized spacial score (nSPS) is 11.3. The summed E-state index contributed by atoms with van der Waals surface area (Å²) in [6.07, 6.45) is -4.90. The number of aromatic nitrogens is 2. The van der Waals surface area contributed by atoms with Gasteiger partial charge < -0.3 is 29.9 Å². The van der Waals surface area contributed by atoms with Gasteiger partial charge in [-0.2, -0.15) is 13.2 Å². The number of anilines is 1. The molecule has 4 aromatic rings. The second kappa shape index (κ2) is 14.2. The number of nitrogens with zero attached hydrogens (tertiary/aromatic N) is 3. The highest BCUT2D eigenvalue weighted by Gasteiger charge is 2.51. The molecule has 2 heterocycles. The lowest BCUT2D eigenvalue weighted by Crippen LogP contribution is -2.49. The fraction of sp³-hybridized carbons (Fsp3) is 0.182. The molecular weight excluding hydrogens is 653 g/mol. The highest BCUT2D eigenvalue weighted by Crippen LogP contribution is 2.32. The van der Waals surface area contributed by atoms with Crippen LogP contribution >= 0.6 is 0 Å². The van der Waals surface area contributed by atoms with Crippen LogP contribution in [-0.2, 0) is 25.9 Å². The van der Waals surface area contributed by atoms with Crippen LogP contribution in [0.1, 0.15) is 37.7 Å². The van der Waals surface area contributed by atoms with Crippen molar-refractivity contribution in [1.82, 2.24) is 14.9 Å².